The molecule has 0 fully saturated rings. The predicted molar refractivity (Wildman–Crippen MR) is 75.7 cm³/mol. The van der Waals surface area contributed by atoms with Crippen LogP contribution in [0.25, 0.3) is 0 Å². The number of thiophene rings is 1. The number of hydrogen-bond acceptors (Lipinski definition) is 4. The van der Waals surface area contributed by atoms with Gasteiger partial charge in [-0.1, -0.05) is 0 Å². The van der Waals surface area contributed by atoms with Gasteiger partial charge < -0.3 is 16.2 Å². The number of phenols is 1. The van der Waals surface area contributed by atoms with Gasteiger partial charge in [-0.2, -0.15) is 0 Å². The SMILES string of the molecule is Nc1ccc(O)c(CNC(=O)c2ccc(Br)s2)c1. The van der Waals surface area contributed by atoms with Crippen molar-refractivity contribution in [2.24, 2.45) is 0 Å². The Balaban J connectivity index is 2.03. The lowest BCUT2D eigenvalue weighted by atomic mass is 10.2. The first-order valence-corrected chi connectivity index (χ1v) is 6.78. The highest BCUT2D eigenvalue weighted by atomic mass is 79.9. The molecule has 0 saturated carbocycles. The Morgan fingerprint density at radius 2 is 2.17 bits per heavy atom. The summed E-state index contributed by atoms with van der Waals surface area (Å²) in [6.45, 7) is 0.241. The normalized spacial score (nSPS) is 10.3. The van der Waals surface area contributed by atoms with Crippen LogP contribution in [0.5, 0.6) is 5.75 Å². The van der Waals surface area contributed by atoms with Gasteiger partial charge >= 0.3 is 0 Å². The first-order valence-electron chi connectivity index (χ1n) is 5.17. The third kappa shape index (κ3) is 3.02. The third-order valence-electron chi connectivity index (χ3n) is 2.34. The number of aromatic hydroxyl groups is 1. The molecule has 0 atom stereocenters. The smallest absolute Gasteiger partial charge is 0.261 e. The first kappa shape index (κ1) is 12.9. The third-order valence-corrected chi connectivity index (χ3v) is 3.96. The van der Waals surface area contributed by atoms with Gasteiger partial charge in [0.2, 0.25) is 0 Å². The second-order valence-corrected chi connectivity index (χ2v) is 6.14. The molecule has 4 nitrogen and oxygen atoms in total. The van der Waals surface area contributed by atoms with Gasteiger partial charge in [-0.15, -0.1) is 11.3 Å². The molecular formula is C12H11BrN2O2S. The van der Waals surface area contributed by atoms with Crippen LogP contribution in [0.15, 0.2) is 34.1 Å². The molecule has 18 heavy (non-hydrogen) atoms. The van der Waals surface area contributed by atoms with Gasteiger partial charge in [0, 0.05) is 17.8 Å². The number of nitrogens with one attached hydrogen (secondary N) is 1. The van der Waals surface area contributed by atoms with Gasteiger partial charge in [0.15, 0.2) is 0 Å². The minimum absolute atomic E-state index is 0.122. The van der Waals surface area contributed by atoms with E-state index in [1.54, 1.807) is 18.2 Å². The molecule has 94 valence electrons. The van der Waals surface area contributed by atoms with Gasteiger partial charge in [-0.3, -0.25) is 4.79 Å². The number of phenolic OH excluding ortho intramolecular Hbond substituents is 1. The van der Waals surface area contributed by atoms with Crippen LogP contribution in [-0.2, 0) is 6.54 Å². The number of amides is 1. The first-order chi connectivity index (χ1) is 8.56. The maximum atomic E-state index is 11.8. The van der Waals surface area contributed by atoms with Crippen molar-refractivity contribution in [1.82, 2.24) is 5.32 Å². The number of anilines is 1. The van der Waals surface area contributed by atoms with E-state index in [0.29, 0.717) is 16.1 Å². The highest BCUT2D eigenvalue weighted by Gasteiger charge is 2.09. The van der Waals surface area contributed by atoms with Crippen LogP contribution in [0.1, 0.15) is 15.2 Å². The van der Waals surface area contributed by atoms with E-state index >= 15 is 0 Å². The Labute approximate surface area is 117 Å². The van der Waals surface area contributed by atoms with Gasteiger partial charge in [0.05, 0.1) is 8.66 Å². The van der Waals surface area contributed by atoms with E-state index in [9.17, 15) is 9.90 Å². The fraction of sp³-hybridized carbons (Fsp3) is 0.0833. The van der Waals surface area contributed by atoms with Crippen molar-refractivity contribution in [2.45, 2.75) is 6.54 Å². The molecule has 0 aliphatic rings. The van der Waals surface area contributed by atoms with Crippen molar-refractivity contribution in [1.29, 1.82) is 0 Å². The highest BCUT2D eigenvalue weighted by molar-refractivity contribution is 9.11. The average Bonchev–Trinajstić information content (AvgIpc) is 2.77. The second-order valence-electron chi connectivity index (χ2n) is 3.67. The van der Waals surface area contributed by atoms with E-state index < -0.39 is 0 Å². The lowest BCUT2D eigenvalue weighted by Crippen LogP contribution is -2.21. The zero-order valence-electron chi connectivity index (χ0n) is 9.31. The van der Waals surface area contributed by atoms with Crippen LogP contribution in [0.2, 0.25) is 0 Å². The predicted octanol–water partition coefficient (Wildman–Crippen LogP) is 2.73. The summed E-state index contributed by atoms with van der Waals surface area (Å²) >= 11 is 4.66. The molecule has 0 aliphatic carbocycles. The van der Waals surface area contributed by atoms with Gasteiger partial charge in [-0.05, 0) is 46.3 Å². The fourth-order valence-electron chi connectivity index (χ4n) is 1.45. The number of halogens is 1. The number of carbonyl (C=O) groups is 1. The molecule has 2 rings (SSSR count). The van der Waals surface area contributed by atoms with Crippen molar-refractivity contribution in [3.05, 3.63) is 44.6 Å². The van der Waals surface area contributed by atoms with E-state index in [2.05, 4.69) is 21.2 Å². The Morgan fingerprint density at radius 1 is 1.39 bits per heavy atom. The van der Waals surface area contributed by atoms with Crippen LogP contribution in [0, 0.1) is 0 Å². The zero-order chi connectivity index (χ0) is 13.1. The molecule has 0 aliphatic heterocycles. The molecule has 0 spiro atoms. The Morgan fingerprint density at radius 3 is 2.83 bits per heavy atom. The molecule has 1 amide bonds. The lowest BCUT2D eigenvalue weighted by Gasteiger charge is -2.07. The quantitative estimate of drug-likeness (QED) is 0.599. The molecule has 6 heteroatoms. The van der Waals surface area contributed by atoms with Crippen molar-refractivity contribution < 1.29 is 9.90 Å². The van der Waals surface area contributed by atoms with Gasteiger partial charge in [0.25, 0.3) is 5.91 Å². The van der Waals surface area contributed by atoms with Crippen molar-refractivity contribution >= 4 is 38.9 Å². The van der Waals surface area contributed by atoms with Crippen LogP contribution >= 0.6 is 27.3 Å². The maximum Gasteiger partial charge on any atom is 0.261 e. The van der Waals surface area contributed by atoms with Crippen LogP contribution in [0.3, 0.4) is 0 Å². The van der Waals surface area contributed by atoms with Crippen LogP contribution in [0.4, 0.5) is 5.69 Å². The summed E-state index contributed by atoms with van der Waals surface area (Å²) in [5.41, 5.74) is 6.77. The van der Waals surface area contributed by atoms with E-state index in [4.69, 9.17) is 5.73 Å². The maximum absolute atomic E-state index is 11.8. The molecule has 0 saturated heterocycles. The monoisotopic (exact) mass is 326 g/mol. The molecular weight excluding hydrogens is 316 g/mol. The molecule has 0 radical (unpaired) electrons. The van der Waals surface area contributed by atoms with Crippen molar-refractivity contribution in [3.63, 3.8) is 0 Å². The number of rotatable bonds is 3. The number of nitrogens with two attached hydrogens (primary N) is 1. The number of carbonyl (C=O) groups excluding carboxylic acids is 1. The summed E-state index contributed by atoms with van der Waals surface area (Å²) in [7, 11) is 0. The summed E-state index contributed by atoms with van der Waals surface area (Å²) in [5.74, 6) is -0.0515. The summed E-state index contributed by atoms with van der Waals surface area (Å²) in [4.78, 5) is 12.4. The summed E-state index contributed by atoms with van der Waals surface area (Å²) in [6.07, 6.45) is 0. The van der Waals surface area contributed by atoms with Gasteiger partial charge in [-0.25, -0.2) is 0 Å². The van der Waals surface area contributed by atoms with Crippen LogP contribution in [-0.4, -0.2) is 11.0 Å². The number of benzene rings is 1. The average molecular weight is 327 g/mol. The van der Waals surface area contributed by atoms with Crippen LogP contribution < -0.4 is 11.1 Å². The lowest BCUT2D eigenvalue weighted by molar-refractivity contribution is 0.0955. The molecule has 1 heterocycles. The minimum Gasteiger partial charge on any atom is -0.508 e. The zero-order valence-corrected chi connectivity index (χ0v) is 11.7. The van der Waals surface area contributed by atoms with Crippen molar-refractivity contribution in [2.75, 3.05) is 5.73 Å². The molecule has 0 unspecified atom stereocenters. The largest absolute Gasteiger partial charge is 0.508 e. The molecule has 4 N–H and O–H groups in total. The highest BCUT2D eigenvalue weighted by Crippen LogP contribution is 2.23. The Hall–Kier alpha value is -1.53. The van der Waals surface area contributed by atoms with Crippen molar-refractivity contribution in [3.8, 4) is 5.75 Å². The number of hydrogen-bond donors (Lipinski definition) is 3. The van der Waals surface area contributed by atoms with E-state index in [-0.39, 0.29) is 18.2 Å². The van der Waals surface area contributed by atoms with Gasteiger partial charge in [0.1, 0.15) is 5.75 Å². The molecule has 2 aromatic rings. The second kappa shape index (κ2) is 5.41. The van der Waals surface area contributed by atoms with E-state index in [1.807, 2.05) is 6.07 Å². The Bertz CT molecular complexity index is 583. The van der Waals surface area contributed by atoms with E-state index in [0.717, 1.165) is 3.79 Å². The number of nitrogen functional groups attached to an aromatic ring is 1. The standard InChI is InChI=1S/C12H11BrN2O2S/c13-11-4-3-10(18-11)12(17)15-6-7-5-8(14)1-2-9(7)16/h1-5,16H,6,14H2,(H,15,17). The summed E-state index contributed by atoms with van der Waals surface area (Å²) in [6, 6.07) is 8.32. The molecule has 1 aromatic heterocycles. The fourth-order valence-corrected chi connectivity index (χ4v) is 2.75. The molecule has 1 aromatic carbocycles. The summed E-state index contributed by atoms with van der Waals surface area (Å²) < 4.78 is 0.902. The molecule has 0 bridgehead atoms. The van der Waals surface area contributed by atoms with E-state index in [1.165, 1.54) is 17.4 Å². The minimum atomic E-state index is -0.174. The Kier molecular flexibility index (Phi) is 3.88. The summed E-state index contributed by atoms with van der Waals surface area (Å²) in [5, 5.41) is 12.3. The topological polar surface area (TPSA) is 75.3 Å².